The van der Waals surface area contributed by atoms with E-state index in [0.717, 1.165) is 22.3 Å². The summed E-state index contributed by atoms with van der Waals surface area (Å²) in [4.78, 5) is 19.0. The van der Waals surface area contributed by atoms with Crippen molar-refractivity contribution in [2.75, 3.05) is 24.9 Å². The standard InChI is InChI=1S/C38H37BrClN5O4S/c1-21-15-23(3)27(16-22(21)2)19-49-35-28(39)17-26(18-32(35)48-6)34-33(36(46)42-30-13-9-10-14-31(30)47-5)24(4)41-37-43-38(44-45(34)37)50-20-25-11-7-8-12-29(25)40/h7-18,34H,19-20H2,1-6H3,(H,42,46)(H,41,43,44). The SMILES string of the molecule is COc1ccccc1NC(=O)C1=C(C)Nc2nc(SCc3ccccc3Cl)nn2C1c1cc(Br)c(OCc2cc(C)c(C)cc2C)c(OC)c1. The normalized spacial score (nSPS) is 13.8. The number of halogens is 2. The van der Waals surface area contributed by atoms with Gasteiger partial charge in [-0.3, -0.25) is 4.79 Å². The summed E-state index contributed by atoms with van der Waals surface area (Å²) in [7, 11) is 3.17. The molecule has 5 aromatic rings. The molecule has 1 aliphatic rings. The van der Waals surface area contributed by atoms with E-state index in [9.17, 15) is 4.79 Å². The Hall–Kier alpha value is -4.45. The van der Waals surface area contributed by atoms with Crippen LogP contribution in [0.2, 0.25) is 5.02 Å². The maximum atomic E-state index is 14.2. The Kier molecular flexibility index (Phi) is 10.8. The van der Waals surface area contributed by atoms with Crippen LogP contribution >= 0.6 is 39.3 Å². The molecule has 0 radical (unpaired) electrons. The molecule has 1 atom stereocenters. The van der Waals surface area contributed by atoms with Crippen molar-refractivity contribution in [2.24, 2.45) is 0 Å². The first-order valence-corrected chi connectivity index (χ1v) is 18.1. The molecule has 6 rings (SSSR count). The maximum Gasteiger partial charge on any atom is 0.255 e. The average Bonchev–Trinajstić information content (AvgIpc) is 3.50. The van der Waals surface area contributed by atoms with Gasteiger partial charge >= 0.3 is 0 Å². The number of carbonyl (C=O) groups is 1. The summed E-state index contributed by atoms with van der Waals surface area (Å²) in [5, 5.41) is 12.5. The predicted octanol–water partition coefficient (Wildman–Crippen LogP) is 9.44. The van der Waals surface area contributed by atoms with Crippen molar-refractivity contribution in [3.8, 4) is 17.2 Å². The number of ether oxygens (including phenoxy) is 3. The van der Waals surface area contributed by atoms with E-state index in [-0.39, 0.29) is 5.91 Å². The van der Waals surface area contributed by atoms with Crippen LogP contribution in [-0.4, -0.2) is 34.9 Å². The number of carbonyl (C=O) groups excluding carboxylic acids is 1. The summed E-state index contributed by atoms with van der Waals surface area (Å²) in [6.45, 7) is 8.50. The summed E-state index contributed by atoms with van der Waals surface area (Å²) in [5.41, 5.74) is 8.03. The maximum absolute atomic E-state index is 14.2. The number of rotatable bonds is 11. The van der Waals surface area contributed by atoms with Crippen molar-refractivity contribution in [3.63, 3.8) is 0 Å². The van der Waals surface area contributed by atoms with Gasteiger partial charge in [0.15, 0.2) is 11.5 Å². The van der Waals surface area contributed by atoms with E-state index in [1.807, 2.05) is 55.5 Å². The highest BCUT2D eigenvalue weighted by molar-refractivity contribution is 9.10. The molecule has 1 aromatic heterocycles. The van der Waals surface area contributed by atoms with Gasteiger partial charge in [-0.25, -0.2) is 4.68 Å². The number of benzene rings is 4. The molecule has 2 heterocycles. The highest BCUT2D eigenvalue weighted by atomic mass is 79.9. The Morgan fingerprint density at radius 3 is 2.42 bits per heavy atom. The van der Waals surface area contributed by atoms with Crippen molar-refractivity contribution in [2.45, 2.75) is 51.3 Å². The first-order chi connectivity index (χ1) is 24.1. The van der Waals surface area contributed by atoms with Crippen molar-refractivity contribution in [3.05, 3.63) is 127 Å². The number of amides is 1. The van der Waals surface area contributed by atoms with Gasteiger partial charge in [-0.1, -0.05) is 65.8 Å². The fourth-order valence-corrected chi connectivity index (χ4v) is 7.54. The highest BCUT2D eigenvalue weighted by Crippen LogP contribution is 2.44. The summed E-state index contributed by atoms with van der Waals surface area (Å²) in [6, 6.07) is 22.4. The summed E-state index contributed by atoms with van der Waals surface area (Å²) in [5.74, 6) is 2.36. The molecule has 0 aliphatic carbocycles. The predicted molar refractivity (Wildman–Crippen MR) is 203 cm³/mol. The molecule has 0 saturated heterocycles. The van der Waals surface area contributed by atoms with Crippen LogP contribution in [0.5, 0.6) is 17.2 Å². The van der Waals surface area contributed by atoms with Crippen molar-refractivity contribution in [1.82, 2.24) is 14.8 Å². The molecule has 0 saturated carbocycles. The molecule has 1 amide bonds. The van der Waals surface area contributed by atoms with E-state index in [1.54, 1.807) is 31.0 Å². The number of thioether (sulfide) groups is 1. The molecule has 50 heavy (non-hydrogen) atoms. The Morgan fingerprint density at radius 1 is 0.940 bits per heavy atom. The number of methoxy groups -OCH3 is 2. The van der Waals surface area contributed by atoms with E-state index >= 15 is 0 Å². The monoisotopic (exact) mass is 773 g/mol. The summed E-state index contributed by atoms with van der Waals surface area (Å²) < 4.78 is 20.2. The van der Waals surface area contributed by atoms with Crippen LogP contribution < -0.4 is 24.8 Å². The van der Waals surface area contributed by atoms with Crippen LogP contribution in [0.25, 0.3) is 0 Å². The van der Waals surface area contributed by atoms with Crippen LogP contribution in [0.15, 0.2) is 93.7 Å². The van der Waals surface area contributed by atoms with Gasteiger partial charge < -0.3 is 24.8 Å². The third-order valence-corrected chi connectivity index (χ3v) is 10.5. The Balaban J connectivity index is 1.39. The largest absolute Gasteiger partial charge is 0.495 e. The molecule has 12 heteroatoms. The highest BCUT2D eigenvalue weighted by Gasteiger charge is 2.36. The molecule has 0 bridgehead atoms. The van der Waals surface area contributed by atoms with Gasteiger partial charge in [0.1, 0.15) is 18.4 Å². The minimum Gasteiger partial charge on any atom is -0.495 e. The lowest BCUT2D eigenvalue weighted by Crippen LogP contribution is -2.31. The van der Waals surface area contributed by atoms with Gasteiger partial charge in [-0.15, -0.1) is 5.10 Å². The lowest BCUT2D eigenvalue weighted by atomic mass is 9.94. The lowest BCUT2D eigenvalue weighted by Gasteiger charge is -2.29. The second-order valence-electron chi connectivity index (χ2n) is 11.9. The number of hydrogen-bond donors (Lipinski definition) is 2. The van der Waals surface area contributed by atoms with Crippen molar-refractivity contribution >= 4 is 56.8 Å². The smallest absolute Gasteiger partial charge is 0.255 e. The van der Waals surface area contributed by atoms with E-state index in [2.05, 4.69) is 59.5 Å². The van der Waals surface area contributed by atoms with Crippen LogP contribution in [-0.2, 0) is 17.2 Å². The number of para-hydroxylation sites is 2. The third-order valence-electron chi connectivity index (χ3n) is 8.64. The number of hydrogen-bond acceptors (Lipinski definition) is 8. The third kappa shape index (κ3) is 7.35. The van der Waals surface area contributed by atoms with Crippen LogP contribution in [0.3, 0.4) is 0 Å². The fourth-order valence-electron chi connectivity index (χ4n) is 5.85. The number of nitrogens with zero attached hydrogens (tertiary/aromatic N) is 3. The van der Waals surface area contributed by atoms with Crippen molar-refractivity contribution in [1.29, 1.82) is 0 Å². The van der Waals surface area contributed by atoms with Gasteiger partial charge in [0, 0.05) is 16.5 Å². The number of fused-ring (bicyclic) bond motifs is 1. The zero-order chi connectivity index (χ0) is 35.5. The van der Waals surface area contributed by atoms with Gasteiger partial charge in [-0.2, -0.15) is 4.98 Å². The number of aryl methyl sites for hydroxylation is 3. The zero-order valence-corrected chi connectivity index (χ0v) is 31.7. The van der Waals surface area contributed by atoms with E-state index in [0.29, 0.717) is 67.2 Å². The minimum absolute atomic E-state index is 0.323. The average molecular weight is 775 g/mol. The molecule has 4 aromatic carbocycles. The number of aromatic nitrogens is 3. The fraction of sp³-hybridized carbons (Fsp3) is 0.237. The summed E-state index contributed by atoms with van der Waals surface area (Å²) in [6.07, 6.45) is 0. The molecule has 1 aliphatic heterocycles. The molecule has 0 spiro atoms. The van der Waals surface area contributed by atoms with E-state index < -0.39 is 6.04 Å². The van der Waals surface area contributed by atoms with Gasteiger partial charge in [0.25, 0.3) is 5.91 Å². The van der Waals surface area contributed by atoms with Gasteiger partial charge in [0.2, 0.25) is 11.1 Å². The van der Waals surface area contributed by atoms with Crippen LogP contribution in [0.4, 0.5) is 11.6 Å². The Bertz CT molecular complexity index is 2120. The second kappa shape index (κ2) is 15.2. The number of allylic oxidation sites excluding steroid dienone is 1. The van der Waals surface area contributed by atoms with Crippen molar-refractivity contribution < 1.29 is 19.0 Å². The van der Waals surface area contributed by atoms with E-state index in [4.69, 9.17) is 35.9 Å². The Morgan fingerprint density at radius 2 is 1.66 bits per heavy atom. The topological polar surface area (TPSA) is 99.5 Å². The summed E-state index contributed by atoms with van der Waals surface area (Å²) >= 11 is 11.6. The van der Waals surface area contributed by atoms with E-state index in [1.165, 1.54) is 22.9 Å². The first-order valence-electron chi connectivity index (χ1n) is 15.9. The minimum atomic E-state index is -0.677. The molecule has 2 N–H and O–H groups in total. The zero-order valence-electron chi connectivity index (χ0n) is 28.6. The second-order valence-corrected chi connectivity index (χ2v) is 14.2. The van der Waals surface area contributed by atoms with Crippen LogP contribution in [0, 0.1) is 20.8 Å². The molecule has 0 fully saturated rings. The molecule has 9 nitrogen and oxygen atoms in total. The molecule has 258 valence electrons. The molecule has 1 unspecified atom stereocenters. The number of anilines is 2. The quantitative estimate of drug-likeness (QED) is 0.128. The van der Waals surface area contributed by atoms with Gasteiger partial charge in [-0.05, 0) is 107 Å². The Labute approximate surface area is 309 Å². The molecular formula is C38H37BrClN5O4S. The van der Waals surface area contributed by atoms with Crippen LogP contribution in [0.1, 0.15) is 46.3 Å². The number of nitrogens with one attached hydrogen (secondary N) is 2. The lowest BCUT2D eigenvalue weighted by molar-refractivity contribution is -0.113. The first kappa shape index (κ1) is 35.4. The van der Waals surface area contributed by atoms with Gasteiger partial charge in [0.05, 0.1) is 30.0 Å². The molecular weight excluding hydrogens is 738 g/mol.